The van der Waals surface area contributed by atoms with Crippen LogP contribution in [0.5, 0.6) is 0 Å². The smallest absolute Gasteiger partial charge is 0.0449 e. The molecule has 0 amide bonds. The Labute approximate surface area is 277 Å². The number of nitrogens with one attached hydrogen (secondary N) is 1. The Balaban J connectivity index is 0.000000615. The van der Waals surface area contributed by atoms with Crippen molar-refractivity contribution in [3.05, 3.63) is 137 Å². The van der Waals surface area contributed by atoms with Crippen molar-refractivity contribution in [2.75, 3.05) is 19.4 Å². The van der Waals surface area contributed by atoms with E-state index in [1.807, 2.05) is 27.0 Å². The highest BCUT2D eigenvalue weighted by atomic mass is 14.8. The van der Waals surface area contributed by atoms with Crippen LogP contribution in [0.2, 0.25) is 0 Å². The quantitative estimate of drug-likeness (QED) is 0.250. The number of hydrogen-bond acceptors (Lipinski definition) is 2. The molecule has 0 radical (unpaired) electrons. The zero-order valence-electron chi connectivity index (χ0n) is 30.5. The minimum Gasteiger partial charge on any atom is -0.387 e. The van der Waals surface area contributed by atoms with Gasteiger partial charge in [0.25, 0.3) is 0 Å². The van der Waals surface area contributed by atoms with Gasteiger partial charge in [-0.3, -0.25) is 0 Å². The lowest BCUT2D eigenvalue weighted by Gasteiger charge is -2.24. The van der Waals surface area contributed by atoms with Gasteiger partial charge in [0.2, 0.25) is 0 Å². The maximum Gasteiger partial charge on any atom is 0.0449 e. The first-order valence-corrected chi connectivity index (χ1v) is 16.7. The van der Waals surface area contributed by atoms with E-state index in [-0.39, 0.29) is 5.41 Å². The van der Waals surface area contributed by atoms with Crippen LogP contribution in [-0.2, 0) is 11.8 Å². The minimum absolute atomic E-state index is 0.0571. The first-order valence-electron chi connectivity index (χ1n) is 16.7. The van der Waals surface area contributed by atoms with Crippen molar-refractivity contribution >= 4 is 5.69 Å². The van der Waals surface area contributed by atoms with Crippen LogP contribution in [-0.4, -0.2) is 14.1 Å². The summed E-state index contributed by atoms with van der Waals surface area (Å²) in [6.07, 6.45) is 9.44. The highest BCUT2D eigenvalue weighted by Crippen LogP contribution is 2.47. The van der Waals surface area contributed by atoms with Crippen LogP contribution in [0.1, 0.15) is 96.0 Å². The first kappa shape index (κ1) is 39.4. The summed E-state index contributed by atoms with van der Waals surface area (Å²) in [5.41, 5.74) is 18.0. The third kappa shape index (κ3) is 9.93. The Hall–Kier alpha value is -3.62. The second kappa shape index (κ2) is 19.0. The predicted molar refractivity (Wildman–Crippen MR) is 205 cm³/mol. The van der Waals surface area contributed by atoms with E-state index in [0.29, 0.717) is 17.8 Å². The van der Waals surface area contributed by atoms with E-state index in [0.717, 1.165) is 6.42 Å². The van der Waals surface area contributed by atoms with Crippen molar-refractivity contribution in [3.8, 4) is 11.1 Å². The standard InChI is InChI=1S/C30H33N.C10H18.C2H6.CH5N/c1-7-12-23-19-27-25(15-11-16-28(27)30(23,4)5)20(2)24-17-18-26(29(31-6)21(24)3)22-13-9-8-10-14-22;1-8(2)6-7-10(5)9(3)4;2*1-2/h7-18,20,31H,1,19H2,2-6H3;6-9H,5H2,1-4H3;1-2H3;2H2,1H3/b23-12+;7-6-;;. The Bertz CT molecular complexity index is 1420. The number of benzene rings is 3. The molecule has 3 aromatic carbocycles. The van der Waals surface area contributed by atoms with Crippen LogP contribution >= 0.6 is 0 Å². The summed E-state index contributed by atoms with van der Waals surface area (Å²) >= 11 is 0. The fourth-order valence-corrected chi connectivity index (χ4v) is 5.84. The molecule has 244 valence electrons. The van der Waals surface area contributed by atoms with Crippen molar-refractivity contribution in [1.82, 2.24) is 0 Å². The van der Waals surface area contributed by atoms with Crippen molar-refractivity contribution < 1.29 is 0 Å². The first-order chi connectivity index (χ1) is 21.4. The summed E-state index contributed by atoms with van der Waals surface area (Å²) in [5, 5.41) is 3.48. The molecule has 1 unspecified atom stereocenters. The Morgan fingerprint density at radius 3 is 2.04 bits per heavy atom. The molecule has 0 saturated carbocycles. The van der Waals surface area contributed by atoms with Crippen LogP contribution in [0.3, 0.4) is 0 Å². The highest BCUT2D eigenvalue weighted by molar-refractivity contribution is 5.81. The van der Waals surface area contributed by atoms with E-state index in [2.05, 4.69) is 158 Å². The molecule has 0 spiro atoms. The molecule has 1 aliphatic rings. The summed E-state index contributed by atoms with van der Waals surface area (Å²) in [4.78, 5) is 0. The monoisotopic (exact) mass is 606 g/mol. The Morgan fingerprint density at radius 1 is 0.889 bits per heavy atom. The molecule has 2 heteroatoms. The van der Waals surface area contributed by atoms with Gasteiger partial charge in [-0.25, -0.2) is 0 Å². The molecule has 0 fully saturated rings. The van der Waals surface area contributed by atoms with E-state index in [4.69, 9.17) is 0 Å². The summed E-state index contributed by atoms with van der Waals surface area (Å²) in [6.45, 7) is 29.8. The number of allylic oxidation sites excluding steroid dienone is 6. The molecule has 1 atom stereocenters. The number of nitrogens with two attached hydrogens (primary N) is 1. The molecular formula is C43H62N2. The predicted octanol–water partition coefficient (Wildman–Crippen LogP) is 11.8. The van der Waals surface area contributed by atoms with Crippen molar-refractivity contribution in [1.29, 1.82) is 0 Å². The molecule has 45 heavy (non-hydrogen) atoms. The minimum atomic E-state index is 0.0571. The van der Waals surface area contributed by atoms with Gasteiger partial charge in [-0.15, -0.1) is 0 Å². The fraction of sp³-hybridized carbons (Fsp3) is 0.395. The fourth-order valence-electron chi connectivity index (χ4n) is 5.84. The molecule has 4 rings (SSSR count). The van der Waals surface area contributed by atoms with E-state index in [1.165, 1.54) is 62.8 Å². The number of anilines is 1. The van der Waals surface area contributed by atoms with E-state index < -0.39 is 0 Å². The number of fused-ring (bicyclic) bond motifs is 1. The molecule has 3 N–H and O–H groups in total. The van der Waals surface area contributed by atoms with Crippen molar-refractivity contribution in [2.24, 2.45) is 17.6 Å². The zero-order chi connectivity index (χ0) is 34.3. The Kier molecular flexibility index (Phi) is 16.7. The van der Waals surface area contributed by atoms with Crippen LogP contribution in [0.4, 0.5) is 5.69 Å². The lowest BCUT2D eigenvalue weighted by Crippen LogP contribution is -2.15. The molecular weight excluding hydrogens is 544 g/mol. The maximum absolute atomic E-state index is 4.50. The summed E-state index contributed by atoms with van der Waals surface area (Å²) in [5.74, 6) is 1.54. The van der Waals surface area contributed by atoms with E-state index in [9.17, 15) is 0 Å². The molecule has 0 aromatic heterocycles. The van der Waals surface area contributed by atoms with Crippen molar-refractivity contribution in [3.63, 3.8) is 0 Å². The van der Waals surface area contributed by atoms with E-state index in [1.54, 1.807) is 0 Å². The molecule has 3 aromatic rings. The van der Waals surface area contributed by atoms with Crippen LogP contribution in [0.15, 0.2) is 109 Å². The van der Waals surface area contributed by atoms with Gasteiger partial charge in [0, 0.05) is 29.6 Å². The highest BCUT2D eigenvalue weighted by Gasteiger charge is 2.36. The lowest BCUT2D eigenvalue weighted by molar-refractivity contribution is 0.644. The van der Waals surface area contributed by atoms with Crippen molar-refractivity contribution in [2.45, 2.75) is 87.0 Å². The molecule has 0 saturated heterocycles. The van der Waals surface area contributed by atoms with Gasteiger partial charge in [-0.05, 0) is 65.6 Å². The third-order valence-electron chi connectivity index (χ3n) is 8.59. The summed E-state index contributed by atoms with van der Waals surface area (Å²) in [6, 6.07) is 22.1. The topological polar surface area (TPSA) is 38.0 Å². The van der Waals surface area contributed by atoms with Gasteiger partial charge in [0.05, 0.1) is 0 Å². The lowest BCUT2D eigenvalue weighted by atomic mass is 9.80. The van der Waals surface area contributed by atoms with Crippen LogP contribution in [0, 0.1) is 18.8 Å². The second-order valence-electron chi connectivity index (χ2n) is 12.5. The average Bonchev–Trinajstić information content (AvgIpc) is 3.31. The van der Waals surface area contributed by atoms with Crippen LogP contribution < -0.4 is 11.1 Å². The molecule has 0 aliphatic heterocycles. The molecule has 1 aliphatic carbocycles. The van der Waals surface area contributed by atoms with E-state index >= 15 is 0 Å². The number of hydrogen-bond donors (Lipinski definition) is 2. The largest absolute Gasteiger partial charge is 0.387 e. The third-order valence-corrected chi connectivity index (χ3v) is 8.59. The SMILES string of the molecule is C=C(/C=C\C(C)C)C(C)C.C=C/C=C1\Cc2c(C(C)c3ccc(-c4ccccc4)c(NC)c3C)cccc2C1(C)C.CC.CN. The van der Waals surface area contributed by atoms with Gasteiger partial charge in [-0.1, -0.05) is 172 Å². The maximum atomic E-state index is 4.50. The van der Waals surface area contributed by atoms with Crippen LogP contribution in [0.25, 0.3) is 11.1 Å². The number of rotatable bonds is 8. The second-order valence-corrected chi connectivity index (χ2v) is 12.5. The van der Waals surface area contributed by atoms with Gasteiger partial charge >= 0.3 is 0 Å². The normalized spacial score (nSPS) is 14.4. The summed E-state index contributed by atoms with van der Waals surface area (Å²) in [7, 11) is 3.53. The molecule has 0 heterocycles. The summed E-state index contributed by atoms with van der Waals surface area (Å²) < 4.78 is 0. The van der Waals surface area contributed by atoms with Gasteiger partial charge in [0.1, 0.15) is 0 Å². The van der Waals surface area contributed by atoms with Gasteiger partial charge < -0.3 is 11.1 Å². The van der Waals surface area contributed by atoms with Gasteiger partial charge in [0.15, 0.2) is 0 Å². The molecule has 0 bridgehead atoms. The average molecular weight is 607 g/mol. The van der Waals surface area contributed by atoms with Gasteiger partial charge in [-0.2, -0.15) is 0 Å². The zero-order valence-corrected chi connectivity index (χ0v) is 30.5. The molecule has 2 nitrogen and oxygen atoms in total. The Morgan fingerprint density at radius 2 is 1.51 bits per heavy atom.